The Morgan fingerprint density at radius 1 is 1.28 bits per heavy atom. The summed E-state index contributed by atoms with van der Waals surface area (Å²) in [4.78, 5) is 15.2. The summed E-state index contributed by atoms with van der Waals surface area (Å²) in [7, 11) is 0. The average molecular weight is 357 g/mol. The van der Waals surface area contributed by atoms with Gasteiger partial charge in [0.2, 0.25) is 0 Å². The van der Waals surface area contributed by atoms with E-state index in [0.29, 0.717) is 19.5 Å². The number of benzene rings is 1. The van der Waals surface area contributed by atoms with Gasteiger partial charge >= 0.3 is 0 Å². The fourth-order valence-electron chi connectivity index (χ4n) is 3.88. The van der Waals surface area contributed by atoms with Crippen molar-refractivity contribution in [3.63, 3.8) is 0 Å². The molecule has 1 aromatic carbocycles. The maximum absolute atomic E-state index is 12.5. The first-order chi connectivity index (χ1) is 12.0. The molecule has 3 heterocycles. The number of likely N-dealkylation sites (tertiary alicyclic amines) is 1. The van der Waals surface area contributed by atoms with Crippen molar-refractivity contribution in [3.8, 4) is 5.75 Å². The number of hydrogen-bond donors (Lipinski definition) is 1. The second kappa shape index (κ2) is 6.15. The molecule has 1 aromatic heterocycles. The van der Waals surface area contributed by atoms with Crippen molar-refractivity contribution in [2.24, 2.45) is 0 Å². The molecule has 0 radical (unpaired) electrons. The summed E-state index contributed by atoms with van der Waals surface area (Å²) in [6.07, 6.45) is 1.62. The zero-order chi connectivity index (χ0) is 17.6. The number of rotatable bonds is 1. The van der Waals surface area contributed by atoms with Crippen molar-refractivity contribution in [3.05, 3.63) is 51.2 Å². The van der Waals surface area contributed by atoms with E-state index in [0.717, 1.165) is 29.0 Å². The summed E-state index contributed by atoms with van der Waals surface area (Å²) >= 11 is 1.48. The normalized spacial score (nSPS) is 21.7. The van der Waals surface area contributed by atoms with Crippen LogP contribution in [0, 0.1) is 13.8 Å². The van der Waals surface area contributed by atoms with Crippen LogP contribution in [0.3, 0.4) is 0 Å². The van der Waals surface area contributed by atoms with Crippen LogP contribution in [0.5, 0.6) is 5.75 Å². The van der Waals surface area contributed by atoms with Gasteiger partial charge in [-0.25, -0.2) is 0 Å². The van der Waals surface area contributed by atoms with Crippen LogP contribution in [0.1, 0.15) is 51.7 Å². The van der Waals surface area contributed by atoms with E-state index in [1.54, 1.807) is 0 Å². The molecular formula is C20H23NO3S. The van der Waals surface area contributed by atoms with Crippen molar-refractivity contribution in [2.75, 3.05) is 13.1 Å². The number of aliphatic hydroxyl groups is 1. The number of aliphatic hydroxyl groups excluding tert-OH is 1. The molecule has 1 atom stereocenters. The Morgan fingerprint density at radius 3 is 2.68 bits per heavy atom. The minimum atomic E-state index is -0.498. The maximum Gasteiger partial charge on any atom is 0.263 e. The molecule has 1 N–H and O–H groups in total. The quantitative estimate of drug-likeness (QED) is 0.843. The molecular weight excluding hydrogens is 334 g/mol. The van der Waals surface area contributed by atoms with Crippen LogP contribution < -0.4 is 4.74 Å². The van der Waals surface area contributed by atoms with Crippen LogP contribution in [-0.4, -0.2) is 34.6 Å². The lowest BCUT2D eigenvalue weighted by molar-refractivity contribution is -0.0495. The molecule has 0 saturated carbocycles. The van der Waals surface area contributed by atoms with Crippen LogP contribution in [-0.2, 0) is 0 Å². The number of piperidine rings is 1. The molecule has 2 aliphatic rings. The van der Waals surface area contributed by atoms with Crippen molar-refractivity contribution in [1.29, 1.82) is 0 Å². The summed E-state index contributed by atoms with van der Waals surface area (Å²) in [5, 5.41) is 12.6. The standard InChI is InChI=1S/C20H23NO3S/c1-13-10-15-16(22)12-20(24-17(15)11-14(13)2)5-7-21(8-6-20)19(23)18-4-3-9-25-18/h3-4,9-11,16,22H,5-8,12H2,1-2H3/t16-/m1/s1. The molecule has 132 valence electrons. The largest absolute Gasteiger partial charge is 0.487 e. The van der Waals surface area contributed by atoms with Gasteiger partial charge in [-0.1, -0.05) is 6.07 Å². The van der Waals surface area contributed by atoms with Gasteiger partial charge < -0.3 is 14.7 Å². The van der Waals surface area contributed by atoms with E-state index in [-0.39, 0.29) is 11.5 Å². The molecule has 1 spiro atoms. The monoisotopic (exact) mass is 357 g/mol. The van der Waals surface area contributed by atoms with E-state index in [1.807, 2.05) is 34.5 Å². The summed E-state index contributed by atoms with van der Waals surface area (Å²) in [5.41, 5.74) is 2.88. The van der Waals surface area contributed by atoms with Crippen LogP contribution in [0.4, 0.5) is 0 Å². The van der Waals surface area contributed by atoms with Gasteiger partial charge in [0.25, 0.3) is 5.91 Å². The van der Waals surface area contributed by atoms with Crippen LogP contribution >= 0.6 is 11.3 Å². The molecule has 4 nitrogen and oxygen atoms in total. The van der Waals surface area contributed by atoms with E-state index in [2.05, 4.69) is 13.8 Å². The minimum Gasteiger partial charge on any atom is -0.487 e. The molecule has 1 amide bonds. The first kappa shape index (κ1) is 16.6. The molecule has 0 aliphatic carbocycles. The highest BCUT2D eigenvalue weighted by atomic mass is 32.1. The third kappa shape index (κ3) is 2.96. The number of ether oxygens (including phenoxy) is 1. The Hall–Kier alpha value is -1.85. The number of aryl methyl sites for hydroxylation is 2. The fraction of sp³-hybridized carbons (Fsp3) is 0.450. The predicted octanol–water partition coefficient (Wildman–Crippen LogP) is 3.86. The Labute approximate surface area is 152 Å². The smallest absolute Gasteiger partial charge is 0.263 e. The van der Waals surface area contributed by atoms with Crippen molar-refractivity contribution in [2.45, 2.75) is 44.8 Å². The molecule has 25 heavy (non-hydrogen) atoms. The lowest BCUT2D eigenvalue weighted by Gasteiger charge is -2.46. The maximum atomic E-state index is 12.5. The highest BCUT2D eigenvalue weighted by molar-refractivity contribution is 7.12. The lowest BCUT2D eigenvalue weighted by Crippen LogP contribution is -2.51. The molecule has 4 rings (SSSR count). The zero-order valence-corrected chi connectivity index (χ0v) is 15.4. The van der Waals surface area contributed by atoms with E-state index in [1.165, 1.54) is 22.5 Å². The summed E-state index contributed by atoms with van der Waals surface area (Å²) in [6, 6.07) is 7.86. The molecule has 1 fully saturated rings. The van der Waals surface area contributed by atoms with Gasteiger partial charge in [0, 0.05) is 37.9 Å². The molecule has 5 heteroatoms. The fourth-order valence-corrected chi connectivity index (χ4v) is 4.57. The number of nitrogens with zero attached hydrogens (tertiary/aromatic N) is 1. The SMILES string of the molecule is Cc1cc2c(cc1C)[C@H](O)CC1(CCN(C(=O)c3cccs3)CC1)O2. The summed E-state index contributed by atoms with van der Waals surface area (Å²) in [5.74, 6) is 0.910. The van der Waals surface area contributed by atoms with Crippen molar-refractivity contribution in [1.82, 2.24) is 4.90 Å². The third-order valence-corrected chi connectivity index (χ3v) is 6.43. The minimum absolute atomic E-state index is 0.105. The van der Waals surface area contributed by atoms with Gasteiger partial charge in [0.1, 0.15) is 11.4 Å². The number of carbonyl (C=O) groups excluding carboxylic acids is 1. The zero-order valence-electron chi connectivity index (χ0n) is 14.6. The summed E-state index contributed by atoms with van der Waals surface area (Å²) < 4.78 is 6.39. The van der Waals surface area contributed by atoms with Crippen molar-refractivity contribution >= 4 is 17.2 Å². The Kier molecular flexibility index (Phi) is 4.08. The number of amides is 1. The lowest BCUT2D eigenvalue weighted by atomic mass is 9.81. The van der Waals surface area contributed by atoms with Gasteiger partial charge in [-0.2, -0.15) is 0 Å². The van der Waals surface area contributed by atoms with Gasteiger partial charge in [-0.15, -0.1) is 11.3 Å². The first-order valence-electron chi connectivity index (χ1n) is 8.78. The van der Waals surface area contributed by atoms with Crippen LogP contribution in [0.25, 0.3) is 0 Å². The van der Waals surface area contributed by atoms with Crippen LogP contribution in [0.2, 0.25) is 0 Å². The molecule has 2 aromatic rings. The van der Waals surface area contributed by atoms with Crippen LogP contribution in [0.15, 0.2) is 29.6 Å². The second-order valence-electron chi connectivity index (χ2n) is 7.25. The predicted molar refractivity (Wildman–Crippen MR) is 98.3 cm³/mol. The molecule has 0 bridgehead atoms. The van der Waals surface area contributed by atoms with Gasteiger partial charge in [0.05, 0.1) is 11.0 Å². The van der Waals surface area contributed by atoms with Gasteiger partial charge in [-0.3, -0.25) is 4.79 Å². The Morgan fingerprint density at radius 2 is 2.00 bits per heavy atom. The van der Waals surface area contributed by atoms with Crippen molar-refractivity contribution < 1.29 is 14.6 Å². The number of thiophene rings is 1. The summed E-state index contributed by atoms with van der Waals surface area (Å²) in [6.45, 7) is 5.46. The molecule has 0 unspecified atom stereocenters. The third-order valence-electron chi connectivity index (χ3n) is 5.57. The van der Waals surface area contributed by atoms with E-state index in [9.17, 15) is 9.90 Å². The Bertz CT molecular complexity index is 792. The highest BCUT2D eigenvalue weighted by Crippen LogP contribution is 2.45. The average Bonchev–Trinajstić information content (AvgIpc) is 3.11. The molecule has 1 saturated heterocycles. The molecule has 2 aliphatic heterocycles. The van der Waals surface area contributed by atoms with Gasteiger partial charge in [-0.05, 0) is 48.6 Å². The highest BCUT2D eigenvalue weighted by Gasteiger charge is 2.43. The second-order valence-corrected chi connectivity index (χ2v) is 8.20. The first-order valence-corrected chi connectivity index (χ1v) is 9.66. The topological polar surface area (TPSA) is 49.8 Å². The number of carbonyl (C=O) groups is 1. The number of hydrogen-bond acceptors (Lipinski definition) is 4. The van der Waals surface area contributed by atoms with Gasteiger partial charge in [0.15, 0.2) is 0 Å². The van der Waals surface area contributed by atoms with E-state index in [4.69, 9.17) is 4.74 Å². The number of fused-ring (bicyclic) bond motifs is 1. The van der Waals surface area contributed by atoms with E-state index >= 15 is 0 Å². The Balaban J connectivity index is 1.51. The van der Waals surface area contributed by atoms with E-state index < -0.39 is 6.10 Å².